The van der Waals surface area contributed by atoms with Crippen LogP contribution in [-0.2, 0) is 13.2 Å². The number of halogens is 1. The van der Waals surface area contributed by atoms with Gasteiger partial charge in [-0.2, -0.15) is 0 Å². The SMILES string of the molecule is NCc1csc(COc2ccc(Br)cc2)n1. The Morgan fingerprint density at radius 1 is 1.31 bits per heavy atom. The van der Waals surface area contributed by atoms with Crippen LogP contribution in [0.5, 0.6) is 5.75 Å². The van der Waals surface area contributed by atoms with E-state index in [9.17, 15) is 0 Å². The quantitative estimate of drug-likeness (QED) is 0.944. The van der Waals surface area contributed by atoms with Gasteiger partial charge in [-0.3, -0.25) is 0 Å². The minimum atomic E-state index is 0.481. The second kappa shape index (κ2) is 5.43. The van der Waals surface area contributed by atoms with Gasteiger partial charge in [-0.15, -0.1) is 11.3 Å². The topological polar surface area (TPSA) is 48.1 Å². The van der Waals surface area contributed by atoms with E-state index in [2.05, 4.69) is 20.9 Å². The van der Waals surface area contributed by atoms with Gasteiger partial charge in [-0.1, -0.05) is 15.9 Å². The van der Waals surface area contributed by atoms with Gasteiger partial charge in [-0.05, 0) is 24.3 Å². The Morgan fingerprint density at radius 3 is 2.69 bits per heavy atom. The van der Waals surface area contributed by atoms with E-state index >= 15 is 0 Å². The van der Waals surface area contributed by atoms with Gasteiger partial charge in [0.15, 0.2) is 0 Å². The van der Waals surface area contributed by atoms with E-state index in [0.29, 0.717) is 13.2 Å². The molecule has 0 bridgehead atoms. The summed E-state index contributed by atoms with van der Waals surface area (Å²) in [5.41, 5.74) is 6.40. The van der Waals surface area contributed by atoms with Crippen LogP contribution < -0.4 is 10.5 Å². The molecule has 0 aliphatic carbocycles. The number of hydrogen-bond acceptors (Lipinski definition) is 4. The van der Waals surface area contributed by atoms with Crippen molar-refractivity contribution >= 4 is 27.3 Å². The lowest BCUT2D eigenvalue weighted by Crippen LogP contribution is -1.98. The average molecular weight is 299 g/mol. The maximum absolute atomic E-state index is 5.59. The number of ether oxygens (including phenoxy) is 1. The van der Waals surface area contributed by atoms with Gasteiger partial charge in [0.2, 0.25) is 0 Å². The molecule has 3 nitrogen and oxygen atoms in total. The first-order chi connectivity index (χ1) is 7.78. The molecule has 84 valence electrons. The number of nitrogens with two attached hydrogens (primary N) is 1. The smallest absolute Gasteiger partial charge is 0.140 e. The van der Waals surface area contributed by atoms with Crippen molar-refractivity contribution in [3.05, 3.63) is 44.8 Å². The Balaban J connectivity index is 1.94. The highest BCUT2D eigenvalue weighted by atomic mass is 79.9. The Bertz CT molecular complexity index is 455. The molecule has 1 aromatic heterocycles. The molecule has 0 saturated heterocycles. The zero-order chi connectivity index (χ0) is 11.4. The van der Waals surface area contributed by atoms with Crippen LogP contribution in [0.3, 0.4) is 0 Å². The van der Waals surface area contributed by atoms with Crippen molar-refractivity contribution in [1.82, 2.24) is 4.98 Å². The summed E-state index contributed by atoms with van der Waals surface area (Å²) in [6, 6.07) is 7.73. The van der Waals surface area contributed by atoms with E-state index in [1.807, 2.05) is 29.6 Å². The van der Waals surface area contributed by atoms with Crippen LogP contribution in [0.2, 0.25) is 0 Å². The zero-order valence-corrected chi connectivity index (χ0v) is 10.9. The molecule has 5 heteroatoms. The third-order valence-corrected chi connectivity index (χ3v) is 3.38. The van der Waals surface area contributed by atoms with Crippen molar-refractivity contribution in [2.75, 3.05) is 0 Å². The molecule has 0 atom stereocenters. The molecular weight excluding hydrogens is 288 g/mol. The Labute approximate surface area is 106 Å². The number of aromatic nitrogens is 1. The minimum Gasteiger partial charge on any atom is -0.486 e. The molecule has 0 saturated carbocycles. The van der Waals surface area contributed by atoms with Crippen LogP contribution in [0, 0.1) is 0 Å². The number of benzene rings is 1. The first kappa shape index (κ1) is 11.6. The fraction of sp³-hybridized carbons (Fsp3) is 0.182. The molecule has 0 aliphatic heterocycles. The van der Waals surface area contributed by atoms with Crippen LogP contribution in [0.25, 0.3) is 0 Å². The largest absolute Gasteiger partial charge is 0.486 e. The summed E-state index contributed by atoms with van der Waals surface area (Å²) >= 11 is 4.95. The number of thiazole rings is 1. The van der Waals surface area contributed by atoms with Gasteiger partial charge in [0.1, 0.15) is 17.4 Å². The predicted octanol–water partition coefficient (Wildman–Crippen LogP) is 2.94. The van der Waals surface area contributed by atoms with Crippen molar-refractivity contribution in [2.24, 2.45) is 5.73 Å². The Kier molecular flexibility index (Phi) is 3.93. The second-order valence-corrected chi connectivity index (χ2v) is 5.04. The lowest BCUT2D eigenvalue weighted by molar-refractivity contribution is 0.305. The molecule has 0 amide bonds. The van der Waals surface area contributed by atoms with Crippen LogP contribution in [0.15, 0.2) is 34.1 Å². The average Bonchev–Trinajstić information content (AvgIpc) is 2.76. The van der Waals surface area contributed by atoms with E-state index < -0.39 is 0 Å². The first-order valence-electron chi connectivity index (χ1n) is 4.79. The maximum atomic E-state index is 5.59. The third kappa shape index (κ3) is 3.04. The summed E-state index contributed by atoms with van der Waals surface area (Å²) in [6.45, 7) is 0.973. The molecule has 1 heterocycles. The number of hydrogen-bond donors (Lipinski definition) is 1. The van der Waals surface area contributed by atoms with Gasteiger partial charge < -0.3 is 10.5 Å². The molecule has 0 unspecified atom stereocenters. The molecule has 0 spiro atoms. The van der Waals surface area contributed by atoms with Crippen LogP contribution in [-0.4, -0.2) is 4.98 Å². The van der Waals surface area contributed by atoms with Crippen LogP contribution in [0.1, 0.15) is 10.7 Å². The van der Waals surface area contributed by atoms with Gasteiger partial charge in [0, 0.05) is 16.4 Å². The molecule has 0 aliphatic rings. The highest BCUT2D eigenvalue weighted by Gasteiger charge is 2.01. The molecule has 2 aromatic rings. The monoisotopic (exact) mass is 298 g/mol. The third-order valence-electron chi connectivity index (χ3n) is 1.98. The normalized spacial score (nSPS) is 10.4. The standard InChI is InChI=1S/C11H11BrN2OS/c12-8-1-3-10(4-2-8)15-6-11-14-9(5-13)7-16-11/h1-4,7H,5-6,13H2. The van der Waals surface area contributed by atoms with Gasteiger partial charge in [-0.25, -0.2) is 4.98 Å². The minimum absolute atomic E-state index is 0.481. The summed E-state index contributed by atoms with van der Waals surface area (Å²) in [7, 11) is 0. The van der Waals surface area contributed by atoms with Crippen LogP contribution >= 0.6 is 27.3 Å². The Morgan fingerprint density at radius 2 is 2.06 bits per heavy atom. The lowest BCUT2D eigenvalue weighted by Gasteiger charge is -2.03. The second-order valence-electron chi connectivity index (χ2n) is 3.18. The van der Waals surface area contributed by atoms with Crippen LogP contribution in [0.4, 0.5) is 0 Å². The maximum Gasteiger partial charge on any atom is 0.140 e. The van der Waals surface area contributed by atoms with E-state index in [1.54, 1.807) is 11.3 Å². The molecular formula is C11H11BrN2OS. The van der Waals surface area contributed by atoms with E-state index in [1.165, 1.54) is 0 Å². The van der Waals surface area contributed by atoms with E-state index in [4.69, 9.17) is 10.5 Å². The number of rotatable bonds is 4. The van der Waals surface area contributed by atoms with Crippen molar-refractivity contribution in [3.8, 4) is 5.75 Å². The lowest BCUT2D eigenvalue weighted by atomic mass is 10.3. The fourth-order valence-electron chi connectivity index (χ4n) is 1.18. The van der Waals surface area contributed by atoms with Crippen molar-refractivity contribution in [1.29, 1.82) is 0 Å². The van der Waals surface area contributed by atoms with Gasteiger partial charge in [0.05, 0.1) is 5.69 Å². The van der Waals surface area contributed by atoms with E-state index in [0.717, 1.165) is 20.9 Å². The molecule has 2 N–H and O–H groups in total. The molecule has 2 rings (SSSR count). The van der Waals surface area contributed by atoms with Crippen molar-refractivity contribution < 1.29 is 4.74 Å². The zero-order valence-electron chi connectivity index (χ0n) is 8.52. The van der Waals surface area contributed by atoms with E-state index in [-0.39, 0.29) is 0 Å². The predicted molar refractivity (Wildman–Crippen MR) is 68.5 cm³/mol. The summed E-state index contributed by atoms with van der Waals surface area (Å²) < 4.78 is 6.63. The highest BCUT2D eigenvalue weighted by molar-refractivity contribution is 9.10. The molecule has 0 radical (unpaired) electrons. The summed E-state index contributed by atoms with van der Waals surface area (Å²) in [5.74, 6) is 0.840. The summed E-state index contributed by atoms with van der Waals surface area (Å²) in [4.78, 5) is 4.32. The van der Waals surface area contributed by atoms with Crippen molar-refractivity contribution in [3.63, 3.8) is 0 Å². The number of nitrogens with zero attached hydrogens (tertiary/aromatic N) is 1. The molecule has 16 heavy (non-hydrogen) atoms. The fourth-order valence-corrected chi connectivity index (χ4v) is 2.17. The van der Waals surface area contributed by atoms with Gasteiger partial charge >= 0.3 is 0 Å². The Hall–Kier alpha value is -0.910. The first-order valence-corrected chi connectivity index (χ1v) is 6.47. The van der Waals surface area contributed by atoms with Crippen molar-refractivity contribution in [2.45, 2.75) is 13.2 Å². The highest BCUT2D eigenvalue weighted by Crippen LogP contribution is 2.18. The van der Waals surface area contributed by atoms with Gasteiger partial charge in [0.25, 0.3) is 0 Å². The summed E-state index contributed by atoms with van der Waals surface area (Å²) in [6.07, 6.45) is 0. The molecule has 1 aromatic carbocycles. The molecule has 0 fully saturated rings. The summed E-state index contributed by atoms with van der Waals surface area (Å²) in [5, 5.41) is 2.91.